The van der Waals surface area contributed by atoms with E-state index in [1.54, 1.807) is 0 Å². The number of carbonyl (C=O) groups is 3. The first kappa shape index (κ1) is 15.5. The Morgan fingerprint density at radius 2 is 2.05 bits per heavy atom. The number of carboxylic acids is 1. The first-order valence-electron chi connectivity index (χ1n) is 6.42. The zero-order valence-electron chi connectivity index (χ0n) is 11.9. The minimum absolute atomic E-state index is 0.0240. The van der Waals surface area contributed by atoms with Crippen molar-refractivity contribution in [3.8, 4) is 0 Å². The topological polar surface area (TPSA) is 86.7 Å². The van der Waals surface area contributed by atoms with Crippen LogP contribution < -0.4 is 5.32 Å². The zero-order valence-corrected chi connectivity index (χ0v) is 11.9. The maximum atomic E-state index is 12.2. The highest BCUT2D eigenvalue weighted by Crippen LogP contribution is 2.28. The number of nitrogens with zero attached hydrogens (tertiary/aromatic N) is 1. The van der Waals surface area contributed by atoms with Crippen molar-refractivity contribution < 1.29 is 19.5 Å². The molecule has 6 heteroatoms. The Morgan fingerprint density at radius 1 is 1.47 bits per heavy atom. The standard InChI is InChI=1S/C13H22N2O4/c1-8(13(2,3)4)5-11(17)15-7-10(16)14-6-9(15)12(18)19/h8-9H,5-7H2,1-4H3,(H,14,16)(H,18,19). The number of carboxylic acid groups (broad SMARTS) is 1. The van der Waals surface area contributed by atoms with Crippen LogP contribution in [-0.4, -0.2) is 46.9 Å². The predicted octanol–water partition coefficient (Wildman–Crippen LogP) is 0.470. The monoisotopic (exact) mass is 270 g/mol. The fourth-order valence-electron chi connectivity index (χ4n) is 1.81. The highest BCUT2D eigenvalue weighted by atomic mass is 16.4. The number of aliphatic carboxylic acids is 1. The molecule has 19 heavy (non-hydrogen) atoms. The van der Waals surface area contributed by atoms with E-state index in [1.165, 1.54) is 4.90 Å². The lowest BCUT2D eigenvalue weighted by molar-refractivity contribution is -0.154. The molecule has 6 nitrogen and oxygen atoms in total. The molecule has 1 heterocycles. The molecule has 1 rings (SSSR count). The molecule has 0 aliphatic carbocycles. The van der Waals surface area contributed by atoms with Crippen molar-refractivity contribution in [3.63, 3.8) is 0 Å². The summed E-state index contributed by atoms with van der Waals surface area (Å²) in [5.41, 5.74) is -0.0353. The Hall–Kier alpha value is -1.59. The normalized spacial score (nSPS) is 21.8. The molecule has 1 saturated heterocycles. The Morgan fingerprint density at radius 3 is 2.53 bits per heavy atom. The van der Waals surface area contributed by atoms with Crippen LogP contribution in [-0.2, 0) is 14.4 Å². The van der Waals surface area contributed by atoms with Gasteiger partial charge in [0.25, 0.3) is 0 Å². The van der Waals surface area contributed by atoms with E-state index in [4.69, 9.17) is 5.11 Å². The van der Waals surface area contributed by atoms with Gasteiger partial charge in [-0.05, 0) is 11.3 Å². The lowest BCUT2D eigenvalue weighted by Gasteiger charge is -2.35. The van der Waals surface area contributed by atoms with Crippen LogP contribution in [0.1, 0.15) is 34.1 Å². The maximum absolute atomic E-state index is 12.2. The van der Waals surface area contributed by atoms with Crippen molar-refractivity contribution in [2.24, 2.45) is 11.3 Å². The zero-order chi connectivity index (χ0) is 14.8. The number of carbonyl (C=O) groups excluding carboxylic acids is 2. The lowest BCUT2D eigenvalue weighted by Crippen LogP contribution is -2.59. The molecular weight excluding hydrogens is 248 g/mol. The predicted molar refractivity (Wildman–Crippen MR) is 69.4 cm³/mol. The molecule has 108 valence electrons. The third-order valence-electron chi connectivity index (χ3n) is 3.75. The smallest absolute Gasteiger partial charge is 0.328 e. The van der Waals surface area contributed by atoms with Gasteiger partial charge < -0.3 is 15.3 Å². The van der Waals surface area contributed by atoms with Gasteiger partial charge in [0.15, 0.2) is 0 Å². The van der Waals surface area contributed by atoms with Gasteiger partial charge in [-0.2, -0.15) is 0 Å². The van der Waals surface area contributed by atoms with Crippen LogP contribution in [0.2, 0.25) is 0 Å². The average molecular weight is 270 g/mol. The molecule has 0 saturated carbocycles. The fourth-order valence-corrected chi connectivity index (χ4v) is 1.81. The average Bonchev–Trinajstić information content (AvgIpc) is 2.26. The highest BCUT2D eigenvalue weighted by Gasteiger charge is 2.36. The van der Waals surface area contributed by atoms with Crippen LogP contribution in [0.25, 0.3) is 0 Å². The number of rotatable bonds is 3. The van der Waals surface area contributed by atoms with Gasteiger partial charge in [0.2, 0.25) is 11.8 Å². The second-order valence-corrected chi connectivity index (χ2v) is 6.15. The molecule has 1 aliphatic heterocycles. The van der Waals surface area contributed by atoms with E-state index in [1.807, 2.05) is 27.7 Å². The molecule has 2 unspecified atom stereocenters. The van der Waals surface area contributed by atoms with Crippen LogP contribution in [0, 0.1) is 11.3 Å². The molecular formula is C13H22N2O4. The summed E-state index contributed by atoms with van der Waals surface area (Å²) in [6.45, 7) is 7.85. The molecule has 0 aromatic heterocycles. The van der Waals surface area contributed by atoms with Gasteiger partial charge in [0.05, 0.1) is 0 Å². The van der Waals surface area contributed by atoms with Crippen molar-refractivity contribution in [2.75, 3.05) is 13.1 Å². The minimum Gasteiger partial charge on any atom is -0.480 e. The van der Waals surface area contributed by atoms with Crippen LogP contribution >= 0.6 is 0 Å². The summed E-state index contributed by atoms with van der Waals surface area (Å²) < 4.78 is 0. The lowest BCUT2D eigenvalue weighted by atomic mass is 9.80. The third kappa shape index (κ3) is 3.94. The Bertz CT molecular complexity index is 387. The molecule has 2 N–H and O–H groups in total. The van der Waals surface area contributed by atoms with Gasteiger partial charge in [-0.25, -0.2) is 4.79 Å². The van der Waals surface area contributed by atoms with Gasteiger partial charge in [-0.3, -0.25) is 9.59 Å². The number of piperazine rings is 1. The highest BCUT2D eigenvalue weighted by molar-refractivity contribution is 5.91. The molecule has 1 aliphatic rings. The molecule has 0 spiro atoms. The van der Waals surface area contributed by atoms with E-state index in [2.05, 4.69) is 5.32 Å². The molecule has 0 aromatic rings. The van der Waals surface area contributed by atoms with Crippen molar-refractivity contribution in [2.45, 2.75) is 40.2 Å². The minimum atomic E-state index is -1.09. The third-order valence-corrected chi connectivity index (χ3v) is 3.75. The van der Waals surface area contributed by atoms with Gasteiger partial charge in [0.1, 0.15) is 12.6 Å². The van der Waals surface area contributed by atoms with Gasteiger partial charge in [-0.1, -0.05) is 27.7 Å². The molecule has 2 amide bonds. The quantitative estimate of drug-likeness (QED) is 0.780. The second kappa shape index (κ2) is 5.59. The summed E-state index contributed by atoms with van der Waals surface area (Å²) in [5.74, 6) is -1.56. The van der Waals surface area contributed by atoms with Crippen molar-refractivity contribution in [1.82, 2.24) is 10.2 Å². The maximum Gasteiger partial charge on any atom is 0.328 e. The van der Waals surface area contributed by atoms with Gasteiger partial charge >= 0.3 is 5.97 Å². The number of hydrogen-bond donors (Lipinski definition) is 2. The number of hydrogen-bond acceptors (Lipinski definition) is 3. The van der Waals surface area contributed by atoms with E-state index in [-0.39, 0.29) is 42.7 Å². The molecule has 0 bridgehead atoms. The van der Waals surface area contributed by atoms with Crippen molar-refractivity contribution in [3.05, 3.63) is 0 Å². The SMILES string of the molecule is CC(CC(=O)N1CC(=O)NCC1C(=O)O)C(C)(C)C. The summed E-state index contributed by atoms with van der Waals surface area (Å²) >= 11 is 0. The first-order valence-corrected chi connectivity index (χ1v) is 6.42. The second-order valence-electron chi connectivity index (χ2n) is 6.15. The van der Waals surface area contributed by atoms with Gasteiger partial charge in [0, 0.05) is 13.0 Å². The first-order chi connectivity index (χ1) is 8.62. The molecule has 1 fully saturated rings. The number of nitrogens with one attached hydrogen (secondary N) is 1. The van der Waals surface area contributed by atoms with Gasteiger partial charge in [-0.15, -0.1) is 0 Å². The molecule has 0 aromatic carbocycles. The van der Waals surface area contributed by atoms with Crippen LogP contribution in [0.5, 0.6) is 0 Å². The Balaban J connectivity index is 2.77. The van der Waals surface area contributed by atoms with Crippen molar-refractivity contribution in [1.29, 1.82) is 0 Å². The van der Waals surface area contributed by atoms with E-state index >= 15 is 0 Å². The van der Waals surface area contributed by atoms with Crippen LogP contribution in [0.4, 0.5) is 0 Å². The summed E-state index contributed by atoms with van der Waals surface area (Å²) in [4.78, 5) is 35.8. The van der Waals surface area contributed by atoms with Crippen LogP contribution in [0.15, 0.2) is 0 Å². The van der Waals surface area contributed by atoms with E-state index in [9.17, 15) is 14.4 Å². The Kier molecular flexibility index (Phi) is 4.55. The summed E-state index contributed by atoms with van der Waals surface area (Å²) in [6, 6.07) is -0.961. The van der Waals surface area contributed by atoms with E-state index in [0.717, 1.165) is 0 Å². The van der Waals surface area contributed by atoms with Crippen molar-refractivity contribution >= 4 is 17.8 Å². The fraction of sp³-hybridized carbons (Fsp3) is 0.769. The molecule has 2 atom stereocenters. The van der Waals surface area contributed by atoms with Crippen LogP contribution in [0.3, 0.4) is 0 Å². The number of amides is 2. The van der Waals surface area contributed by atoms with E-state index < -0.39 is 12.0 Å². The summed E-state index contributed by atoms with van der Waals surface area (Å²) in [6.07, 6.45) is 0.251. The molecule has 0 radical (unpaired) electrons. The largest absolute Gasteiger partial charge is 0.480 e. The summed E-state index contributed by atoms with van der Waals surface area (Å²) in [7, 11) is 0. The van der Waals surface area contributed by atoms with E-state index in [0.29, 0.717) is 0 Å². The summed E-state index contributed by atoms with van der Waals surface area (Å²) in [5, 5.41) is 11.6. The Labute approximate surface area is 113 Å².